The van der Waals surface area contributed by atoms with Crippen LogP contribution < -0.4 is 10.6 Å². The van der Waals surface area contributed by atoms with Gasteiger partial charge in [0.15, 0.2) is 0 Å². The summed E-state index contributed by atoms with van der Waals surface area (Å²) in [6, 6.07) is 8.16. The zero-order valence-electron chi connectivity index (χ0n) is 13.7. The Bertz CT molecular complexity index is 744. The number of hydrogen-bond donors (Lipinski definition) is 2. The van der Waals surface area contributed by atoms with E-state index in [9.17, 15) is 9.18 Å². The van der Waals surface area contributed by atoms with E-state index in [1.807, 2.05) is 0 Å². The van der Waals surface area contributed by atoms with Gasteiger partial charge in [0.2, 0.25) is 5.91 Å². The van der Waals surface area contributed by atoms with Gasteiger partial charge in [0.1, 0.15) is 5.82 Å². The fourth-order valence-corrected chi connectivity index (χ4v) is 2.60. The SMILES string of the molecule is O=C(/C=C\c1ccncc1)Nc1ccc(NC[C@@H]2CCCO2)c(F)c1. The predicted octanol–water partition coefficient (Wildman–Crippen LogP) is 3.46. The molecule has 6 heteroatoms. The second kappa shape index (κ2) is 8.39. The molecule has 0 aliphatic carbocycles. The van der Waals surface area contributed by atoms with Gasteiger partial charge in [-0.3, -0.25) is 9.78 Å². The topological polar surface area (TPSA) is 63.2 Å². The van der Waals surface area contributed by atoms with Crippen molar-refractivity contribution in [3.05, 3.63) is 60.2 Å². The molecule has 0 unspecified atom stereocenters. The number of benzene rings is 1. The number of halogens is 1. The average molecular weight is 341 g/mol. The molecule has 1 aliphatic rings. The first-order valence-electron chi connectivity index (χ1n) is 8.25. The molecular weight excluding hydrogens is 321 g/mol. The first-order chi connectivity index (χ1) is 12.2. The van der Waals surface area contributed by atoms with Crippen molar-refractivity contribution in [1.29, 1.82) is 0 Å². The Kier molecular flexibility index (Phi) is 5.74. The highest BCUT2D eigenvalue weighted by Gasteiger charge is 2.15. The Morgan fingerprint density at radius 1 is 1.32 bits per heavy atom. The molecule has 0 saturated carbocycles. The maximum absolute atomic E-state index is 14.1. The molecule has 1 aromatic heterocycles. The van der Waals surface area contributed by atoms with Crippen LogP contribution in [0.3, 0.4) is 0 Å². The number of carbonyl (C=O) groups excluding carboxylic acids is 1. The molecule has 0 spiro atoms. The fourth-order valence-electron chi connectivity index (χ4n) is 2.60. The molecular formula is C19H20FN3O2. The number of aromatic nitrogens is 1. The van der Waals surface area contributed by atoms with Crippen molar-refractivity contribution < 1.29 is 13.9 Å². The van der Waals surface area contributed by atoms with Crippen molar-refractivity contribution >= 4 is 23.4 Å². The van der Waals surface area contributed by atoms with E-state index < -0.39 is 5.82 Å². The first kappa shape index (κ1) is 17.1. The maximum Gasteiger partial charge on any atom is 0.248 e. The van der Waals surface area contributed by atoms with Gasteiger partial charge in [-0.25, -0.2) is 4.39 Å². The number of amides is 1. The molecule has 0 bridgehead atoms. The number of ether oxygens (including phenoxy) is 1. The predicted molar refractivity (Wildman–Crippen MR) is 95.8 cm³/mol. The number of nitrogens with one attached hydrogen (secondary N) is 2. The van der Waals surface area contributed by atoms with Crippen LogP contribution in [0.25, 0.3) is 6.08 Å². The van der Waals surface area contributed by atoms with Crippen LogP contribution in [-0.4, -0.2) is 30.1 Å². The Labute approximate surface area is 145 Å². The van der Waals surface area contributed by atoms with Gasteiger partial charge in [-0.05, 0) is 54.8 Å². The number of carbonyl (C=O) groups is 1. The summed E-state index contributed by atoms with van der Waals surface area (Å²) in [6.07, 6.45) is 8.54. The van der Waals surface area contributed by atoms with Gasteiger partial charge in [-0.1, -0.05) is 0 Å². The summed E-state index contributed by atoms with van der Waals surface area (Å²) in [6.45, 7) is 1.35. The highest BCUT2D eigenvalue weighted by atomic mass is 19.1. The summed E-state index contributed by atoms with van der Waals surface area (Å²) < 4.78 is 19.6. The molecule has 0 radical (unpaired) electrons. The molecule has 1 aromatic carbocycles. The van der Waals surface area contributed by atoms with Gasteiger partial charge in [0, 0.05) is 37.3 Å². The molecule has 2 heterocycles. The molecule has 5 nitrogen and oxygen atoms in total. The van der Waals surface area contributed by atoms with Crippen molar-refractivity contribution in [3.63, 3.8) is 0 Å². The highest BCUT2D eigenvalue weighted by Crippen LogP contribution is 2.20. The second-order valence-electron chi connectivity index (χ2n) is 5.81. The van der Waals surface area contributed by atoms with Crippen molar-refractivity contribution in [1.82, 2.24) is 4.98 Å². The lowest BCUT2D eigenvalue weighted by molar-refractivity contribution is -0.111. The summed E-state index contributed by atoms with van der Waals surface area (Å²) in [7, 11) is 0. The lowest BCUT2D eigenvalue weighted by Crippen LogP contribution is -2.19. The Balaban J connectivity index is 1.54. The minimum absolute atomic E-state index is 0.136. The van der Waals surface area contributed by atoms with Crippen LogP contribution in [0.1, 0.15) is 18.4 Å². The lowest BCUT2D eigenvalue weighted by atomic mass is 10.2. The van der Waals surface area contributed by atoms with E-state index in [2.05, 4.69) is 15.6 Å². The zero-order chi connectivity index (χ0) is 17.5. The molecule has 1 fully saturated rings. The van der Waals surface area contributed by atoms with Gasteiger partial charge in [0.25, 0.3) is 0 Å². The van der Waals surface area contributed by atoms with Crippen LogP contribution in [0.5, 0.6) is 0 Å². The minimum atomic E-state index is -0.408. The van der Waals surface area contributed by atoms with E-state index in [0.717, 1.165) is 25.0 Å². The van der Waals surface area contributed by atoms with Gasteiger partial charge >= 0.3 is 0 Å². The number of nitrogens with zero attached hydrogens (tertiary/aromatic N) is 1. The summed E-state index contributed by atoms with van der Waals surface area (Å²) in [4.78, 5) is 15.8. The quantitative estimate of drug-likeness (QED) is 0.790. The summed E-state index contributed by atoms with van der Waals surface area (Å²) in [5.74, 6) is -0.731. The molecule has 2 N–H and O–H groups in total. The molecule has 1 aliphatic heterocycles. The summed E-state index contributed by atoms with van der Waals surface area (Å²) in [5, 5.41) is 5.69. The number of hydrogen-bond acceptors (Lipinski definition) is 4. The Morgan fingerprint density at radius 3 is 2.88 bits per heavy atom. The maximum atomic E-state index is 14.1. The van der Waals surface area contributed by atoms with Crippen LogP contribution in [0, 0.1) is 5.82 Å². The van der Waals surface area contributed by atoms with Gasteiger partial charge < -0.3 is 15.4 Å². The normalized spacial score (nSPS) is 16.9. The molecule has 1 amide bonds. The second-order valence-corrected chi connectivity index (χ2v) is 5.81. The monoisotopic (exact) mass is 341 g/mol. The van der Waals surface area contributed by atoms with Crippen LogP contribution >= 0.6 is 0 Å². The molecule has 3 rings (SSSR count). The van der Waals surface area contributed by atoms with E-state index in [4.69, 9.17) is 4.74 Å². The van der Waals surface area contributed by atoms with Crippen LogP contribution in [0.15, 0.2) is 48.8 Å². The largest absolute Gasteiger partial charge is 0.380 e. The van der Waals surface area contributed by atoms with Gasteiger partial charge in [0.05, 0.1) is 11.8 Å². The molecule has 1 atom stereocenters. The highest BCUT2D eigenvalue weighted by molar-refractivity contribution is 6.02. The van der Waals surface area contributed by atoms with Gasteiger partial charge in [-0.15, -0.1) is 0 Å². The third kappa shape index (κ3) is 5.12. The zero-order valence-corrected chi connectivity index (χ0v) is 13.7. The number of anilines is 2. The Hall–Kier alpha value is -2.73. The number of rotatable bonds is 6. The minimum Gasteiger partial charge on any atom is -0.380 e. The Morgan fingerprint density at radius 2 is 2.16 bits per heavy atom. The first-order valence-corrected chi connectivity index (χ1v) is 8.25. The number of pyridine rings is 1. The summed E-state index contributed by atoms with van der Waals surface area (Å²) in [5.41, 5.74) is 1.68. The standard InChI is InChI=1S/C19H20FN3O2/c20-17-12-15(4-5-18(17)22-13-16-2-1-11-25-16)23-19(24)6-3-14-7-9-21-10-8-14/h3-10,12,16,22H,1-2,11,13H2,(H,23,24)/b6-3-/t16-/m0/s1. The van der Waals surface area contributed by atoms with E-state index in [0.29, 0.717) is 17.9 Å². The van der Waals surface area contributed by atoms with E-state index in [-0.39, 0.29) is 12.0 Å². The molecule has 25 heavy (non-hydrogen) atoms. The molecule has 130 valence electrons. The van der Waals surface area contributed by atoms with E-state index in [1.165, 1.54) is 12.1 Å². The van der Waals surface area contributed by atoms with Crippen LogP contribution in [0.4, 0.5) is 15.8 Å². The molecule has 1 saturated heterocycles. The van der Waals surface area contributed by atoms with Gasteiger partial charge in [-0.2, -0.15) is 0 Å². The van der Waals surface area contributed by atoms with Crippen molar-refractivity contribution in [2.45, 2.75) is 18.9 Å². The van der Waals surface area contributed by atoms with Crippen LogP contribution in [0.2, 0.25) is 0 Å². The van der Waals surface area contributed by atoms with Crippen LogP contribution in [-0.2, 0) is 9.53 Å². The molecule has 2 aromatic rings. The van der Waals surface area contributed by atoms with Crippen molar-refractivity contribution in [3.8, 4) is 0 Å². The smallest absolute Gasteiger partial charge is 0.248 e. The fraction of sp³-hybridized carbons (Fsp3) is 0.263. The van der Waals surface area contributed by atoms with Crippen molar-refractivity contribution in [2.24, 2.45) is 0 Å². The summed E-state index contributed by atoms with van der Waals surface area (Å²) >= 11 is 0. The lowest BCUT2D eigenvalue weighted by Gasteiger charge is -2.13. The van der Waals surface area contributed by atoms with Crippen molar-refractivity contribution in [2.75, 3.05) is 23.8 Å². The average Bonchev–Trinajstić information content (AvgIpc) is 3.14. The third-order valence-corrected chi connectivity index (χ3v) is 3.91. The van der Waals surface area contributed by atoms with E-state index >= 15 is 0 Å². The third-order valence-electron chi connectivity index (χ3n) is 3.91. The van der Waals surface area contributed by atoms with E-state index in [1.54, 1.807) is 42.7 Å².